The molecule has 0 aliphatic heterocycles. The van der Waals surface area contributed by atoms with Crippen LogP contribution in [0.25, 0.3) is 16.9 Å². The number of amides is 1. The third-order valence-corrected chi connectivity index (χ3v) is 4.10. The smallest absolute Gasteiger partial charge is 0.220 e. The van der Waals surface area contributed by atoms with Gasteiger partial charge in [-0.2, -0.15) is 0 Å². The van der Waals surface area contributed by atoms with Crippen molar-refractivity contribution in [2.24, 2.45) is 0 Å². The van der Waals surface area contributed by atoms with E-state index in [-0.39, 0.29) is 11.4 Å². The van der Waals surface area contributed by atoms with E-state index < -0.39 is 0 Å². The summed E-state index contributed by atoms with van der Waals surface area (Å²) >= 11 is 6.00. The first-order valence-electron chi connectivity index (χ1n) is 8.36. The van der Waals surface area contributed by atoms with Gasteiger partial charge in [0.05, 0.1) is 11.4 Å². The molecule has 1 aromatic carbocycles. The zero-order chi connectivity index (χ0) is 18.0. The first kappa shape index (κ1) is 17.5. The Bertz CT molecular complexity index is 891. The van der Waals surface area contributed by atoms with E-state index in [2.05, 4.69) is 5.32 Å². The maximum Gasteiger partial charge on any atom is 0.220 e. The molecular formula is C20H22ClN3O. The summed E-state index contributed by atoms with van der Waals surface area (Å²) in [5.41, 5.74) is 3.57. The van der Waals surface area contributed by atoms with Crippen molar-refractivity contribution < 1.29 is 4.79 Å². The van der Waals surface area contributed by atoms with Gasteiger partial charge in [-0.05, 0) is 51.5 Å². The van der Waals surface area contributed by atoms with Crippen molar-refractivity contribution in [3.63, 3.8) is 0 Å². The number of hydrogen-bond acceptors (Lipinski definition) is 2. The average Bonchev–Trinajstić information content (AvgIpc) is 2.90. The van der Waals surface area contributed by atoms with Crippen LogP contribution in [0.2, 0.25) is 5.02 Å². The van der Waals surface area contributed by atoms with Crippen molar-refractivity contribution in [2.75, 3.05) is 0 Å². The van der Waals surface area contributed by atoms with E-state index in [1.165, 1.54) is 0 Å². The number of benzene rings is 1. The first-order valence-corrected chi connectivity index (χ1v) is 8.74. The quantitative estimate of drug-likeness (QED) is 0.748. The summed E-state index contributed by atoms with van der Waals surface area (Å²) in [5, 5.41) is 3.70. The molecule has 0 fully saturated rings. The lowest BCUT2D eigenvalue weighted by Gasteiger charge is -2.20. The van der Waals surface area contributed by atoms with E-state index in [9.17, 15) is 4.79 Å². The van der Waals surface area contributed by atoms with Gasteiger partial charge in [0.1, 0.15) is 5.65 Å². The van der Waals surface area contributed by atoms with Crippen LogP contribution in [0, 0.1) is 0 Å². The highest BCUT2D eigenvalue weighted by atomic mass is 35.5. The molecule has 2 aromatic heterocycles. The van der Waals surface area contributed by atoms with Crippen molar-refractivity contribution in [1.82, 2.24) is 14.7 Å². The van der Waals surface area contributed by atoms with Crippen LogP contribution >= 0.6 is 11.6 Å². The van der Waals surface area contributed by atoms with Gasteiger partial charge >= 0.3 is 0 Å². The molecule has 0 aliphatic carbocycles. The number of nitrogens with zero attached hydrogens (tertiary/aromatic N) is 2. The molecule has 25 heavy (non-hydrogen) atoms. The Morgan fingerprint density at radius 2 is 1.88 bits per heavy atom. The summed E-state index contributed by atoms with van der Waals surface area (Å²) in [6.07, 6.45) is 3.02. The third-order valence-electron chi connectivity index (χ3n) is 3.85. The number of aryl methyl sites for hydroxylation is 1. The van der Waals surface area contributed by atoms with Crippen LogP contribution in [0.3, 0.4) is 0 Å². The van der Waals surface area contributed by atoms with Gasteiger partial charge in [-0.25, -0.2) is 4.98 Å². The fraction of sp³-hybridized carbons (Fsp3) is 0.300. The topological polar surface area (TPSA) is 46.4 Å². The largest absolute Gasteiger partial charge is 0.351 e. The molecule has 4 nitrogen and oxygen atoms in total. The number of aromatic nitrogens is 2. The number of fused-ring (bicyclic) bond motifs is 1. The van der Waals surface area contributed by atoms with E-state index >= 15 is 0 Å². The molecular weight excluding hydrogens is 334 g/mol. The molecule has 130 valence electrons. The van der Waals surface area contributed by atoms with Gasteiger partial charge in [-0.3, -0.25) is 4.79 Å². The van der Waals surface area contributed by atoms with Gasteiger partial charge < -0.3 is 9.72 Å². The van der Waals surface area contributed by atoms with Crippen LogP contribution in [-0.2, 0) is 11.2 Å². The summed E-state index contributed by atoms with van der Waals surface area (Å²) in [7, 11) is 0. The van der Waals surface area contributed by atoms with E-state index in [4.69, 9.17) is 16.6 Å². The molecule has 0 spiro atoms. The predicted molar refractivity (Wildman–Crippen MR) is 102 cm³/mol. The number of rotatable bonds is 4. The maximum absolute atomic E-state index is 12.2. The average molecular weight is 356 g/mol. The molecule has 3 aromatic rings. The van der Waals surface area contributed by atoms with Gasteiger partial charge in [-0.15, -0.1) is 0 Å². The van der Waals surface area contributed by atoms with Crippen molar-refractivity contribution >= 4 is 23.2 Å². The fourth-order valence-electron chi connectivity index (χ4n) is 2.84. The van der Waals surface area contributed by atoms with Crippen molar-refractivity contribution in [2.45, 2.75) is 39.2 Å². The second-order valence-corrected chi connectivity index (χ2v) is 7.58. The lowest BCUT2D eigenvalue weighted by atomic mass is 10.1. The molecule has 0 bridgehead atoms. The van der Waals surface area contributed by atoms with Crippen LogP contribution < -0.4 is 5.32 Å². The zero-order valence-electron chi connectivity index (χ0n) is 14.7. The Morgan fingerprint density at radius 3 is 2.56 bits per heavy atom. The Morgan fingerprint density at radius 1 is 1.16 bits per heavy atom. The van der Waals surface area contributed by atoms with Gasteiger partial charge in [0, 0.05) is 28.7 Å². The minimum Gasteiger partial charge on any atom is -0.351 e. The zero-order valence-corrected chi connectivity index (χ0v) is 15.5. The Hall–Kier alpha value is -2.33. The minimum absolute atomic E-state index is 0.0421. The summed E-state index contributed by atoms with van der Waals surface area (Å²) in [5.74, 6) is 0.0421. The van der Waals surface area contributed by atoms with Crippen LogP contribution in [0.1, 0.15) is 32.9 Å². The first-order chi connectivity index (χ1) is 11.8. The number of pyridine rings is 1. The number of nitrogens with one attached hydrogen (secondary N) is 1. The maximum atomic E-state index is 12.2. The van der Waals surface area contributed by atoms with E-state index in [0.29, 0.717) is 17.9 Å². The Labute approximate surface area is 152 Å². The number of halogens is 1. The molecule has 0 atom stereocenters. The van der Waals surface area contributed by atoms with E-state index in [1.807, 2.05) is 73.8 Å². The van der Waals surface area contributed by atoms with Gasteiger partial charge in [0.2, 0.25) is 5.91 Å². The van der Waals surface area contributed by atoms with Gasteiger partial charge in [0.15, 0.2) is 0 Å². The van der Waals surface area contributed by atoms with E-state index in [1.54, 1.807) is 0 Å². The molecule has 5 heteroatoms. The minimum atomic E-state index is -0.227. The Balaban J connectivity index is 1.94. The van der Waals surface area contributed by atoms with Crippen molar-refractivity contribution in [3.05, 3.63) is 59.4 Å². The monoisotopic (exact) mass is 355 g/mol. The molecule has 3 rings (SSSR count). The van der Waals surface area contributed by atoms with Crippen molar-refractivity contribution in [1.29, 1.82) is 0 Å². The number of imidazole rings is 1. The van der Waals surface area contributed by atoms with Crippen LogP contribution in [0.5, 0.6) is 0 Å². The SMILES string of the molecule is CC(C)(C)NC(=O)CCc1c(-c2ccc(Cl)cc2)nc2ccccn12. The van der Waals surface area contributed by atoms with Crippen LogP contribution in [0.15, 0.2) is 48.7 Å². The highest BCUT2D eigenvalue weighted by Crippen LogP contribution is 2.26. The molecule has 2 heterocycles. The highest BCUT2D eigenvalue weighted by molar-refractivity contribution is 6.30. The molecule has 0 unspecified atom stereocenters. The number of hydrogen-bond donors (Lipinski definition) is 1. The Kier molecular flexibility index (Phi) is 4.82. The lowest BCUT2D eigenvalue weighted by Crippen LogP contribution is -2.40. The van der Waals surface area contributed by atoms with Crippen molar-refractivity contribution in [3.8, 4) is 11.3 Å². The molecule has 1 amide bonds. The number of carbonyl (C=O) groups excluding carboxylic acids is 1. The standard InChI is InChI=1S/C20H22ClN3O/c1-20(2,3)23-18(25)12-11-16-19(14-7-9-15(21)10-8-14)22-17-6-4-5-13-24(16)17/h4-10,13H,11-12H2,1-3H3,(H,23,25). The van der Waals surface area contributed by atoms with Gasteiger partial charge in [0.25, 0.3) is 0 Å². The molecule has 1 N–H and O–H groups in total. The second-order valence-electron chi connectivity index (χ2n) is 7.14. The van der Waals surface area contributed by atoms with Crippen LogP contribution in [0.4, 0.5) is 0 Å². The summed E-state index contributed by atoms with van der Waals surface area (Å²) in [6, 6.07) is 13.5. The molecule has 0 saturated carbocycles. The molecule has 0 radical (unpaired) electrons. The lowest BCUT2D eigenvalue weighted by molar-refractivity contribution is -0.122. The van der Waals surface area contributed by atoms with Crippen LogP contribution in [-0.4, -0.2) is 20.8 Å². The normalized spacial score (nSPS) is 11.7. The molecule has 0 aliphatic rings. The second kappa shape index (κ2) is 6.89. The van der Waals surface area contributed by atoms with E-state index in [0.717, 1.165) is 22.6 Å². The summed E-state index contributed by atoms with van der Waals surface area (Å²) < 4.78 is 2.05. The fourth-order valence-corrected chi connectivity index (χ4v) is 2.96. The third kappa shape index (κ3) is 4.20. The predicted octanol–water partition coefficient (Wildman–Crippen LogP) is 4.50. The number of carbonyl (C=O) groups is 1. The molecule has 0 saturated heterocycles. The van der Waals surface area contributed by atoms with Gasteiger partial charge in [-0.1, -0.05) is 29.8 Å². The summed E-state index contributed by atoms with van der Waals surface area (Å²) in [6.45, 7) is 5.95. The summed E-state index contributed by atoms with van der Waals surface area (Å²) in [4.78, 5) is 17.0. The highest BCUT2D eigenvalue weighted by Gasteiger charge is 2.17.